The molecule has 2 aliphatic heterocycles. The van der Waals surface area contributed by atoms with Gasteiger partial charge in [0.1, 0.15) is 5.82 Å². The summed E-state index contributed by atoms with van der Waals surface area (Å²) in [5.41, 5.74) is 1.05. The van der Waals surface area contributed by atoms with Gasteiger partial charge in [-0.15, -0.1) is 0 Å². The average molecular weight is 294 g/mol. The zero-order valence-electron chi connectivity index (χ0n) is 12.4. The fourth-order valence-corrected chi connectivity index (χ4v) is 3.60. The Bertz CT molecular complexity index is 676. The van der Waals surface area contributed by atoms with E-state index >= 15 is 0 Å². The second kappa shape index (κ2) is 5.09. The zero-order valence-corrected chi connectivity index (χ0v) is 12.4. The molecule has 0 radical (unpaired) electrons. The summed E-state index contributed by atoms with van der Waals surface area (Å²) in [6, 6.07) is 9.95. The summed E-state index contributed by atoms with van der Waals surface area (Å²) in [6.07, 6.45) is 6.85. The molecule has 1 aromatic heterocycles. The number of para-hydroxylation sites is 1. The first kappa shape index (κ1) is 13.2. The zero-order chi connectivity index (χ0) is 15.0. The lowest BCUT2D eigenvalue weighted by Crippen LogP contribution is -2.31. The molecule has 22 heavy (non-hydrogen) atoms. The summed E-state index contributed by atoms with van der Waals surface area (Å²) in [4.78, 5) is 25.2. The highest BCUT2D eigenvalue weighted by Gasteiger charge is 2.48. The molecule has 2 aliphatic rings. The lowest BCUT2D eigenvalue weighted by atomic mass is 9.86. The summed E-state index contributed by atoms with van der Waals surface area (Å²) in [7, 11) is 0. The number of carbonyl (C=O) groups is 1. The highest BCUT2D eigenvalue weighted by atomic mass is 16.2. The summed E-state index contributed by atoms with van der Waals surface area (Å²) < 4.78 is 0. The van der Waals surface area contributed by atoms with Crippen molar-refractivity contribution < 1.29 is 4.79 Å². The van der Waals surface area contributed by atoms with Gasteiger partial charge in [-0.3, -0.25) is 9.78 Å². The lowest BCUT2D eigenvalue weighted by Gasteiger charge is -2.24. The number of hydrogen-bond donors (Lipinski definition) is 0. The maximum absolute atomic E-state index is 12.5. The van der Waals surface area contributed by atoms with Crippen LogP contribution >= 0.6 is 0 Å². The predicted molar refractivity (Wildman–Crippen MR) is 84.7 cm³/mol. The van der Waals surface area contributed by atoms with E-state index in [-0.39, 0.29) is 11.3 Å². The van der Waals surface area contributed by atoms with Gasteiger partial charge in [0, 0.05) is 49.6 Å². The first-order valence-corrected chi connectivity index (χ1v) is 7.62. The number of amides is 1. The van der Waals surface area contributed by atoms with Gasteiger partial charge in [0.25, 0.3) is 0 Å². The smallest absolute Gasteiger partial charge is 0.227 e. The van der Waals surface area contributed by atoms with E-state index in [1.807, 2.05) is 35.2 Å². The van der Waals surface area contributed by atoms with Gasteiger partial charge in [0.05, 0.1) is 6.20 Å². The van der Waals surface area contributed by atoms with E-state index in [4.69, 9.17) is 0 Å². The van der Waals surface area contributed by atoms with Crippen LogP contribution in [0.2, 0.25) is 0 Å². The Labute approximate surface area is 129 Å². The van der Waals surface area contributed by atoms with Crippen molar-refractivity contribution in [2.24, 2.45) is 5.41 Å². The van der Waals surface area contributed by atoms with E-state index in [0.717, 1.165) is 37.6 Å². The van der Waals surface area contributed by atoms with Crippen LogP contribution in [0.15, 0.2) is 48.9 Å². The molecule has 2 aromatic rings. The molecule has 0 aliphatic carbocycles. The minimum atomic E-state index is 0.0461. The molecule has 3 heterocycles. The third kappa shape index (κ3) is 2.22. The summed E-state index contributed by atoms with van der Waals surface area (Å²) in [5.74, 6) is 1.14. The largest absolute Gasteiger partial charge is 0.355 e. The van der Waals surface area contributed by atoms with Crippen molar-refractivity contribution in [3.05, 3.63) is 48.9 Å². The molecule has 0 bridgehead atoms. The van der Waals surface area contributed by atoms with Gasteiger partial charge < -0.3 is 9.80 Å². The molecule has 5 heteroatoms. The van der Waals surface area contributed by atoms with E-state index in [1.165, 1.54) is 0 Å². The Balaban J connectivity index is 1.54. The summed E-state index contributed by atoms with van der Waals surface area (Å²) in [5, 5.41) is 0. The van der Waals surface area contributed by atoms with Crippen LogP contribution in [0.3, 0.4) is 0 Å². The van der Waals surface area contributed by atoms with E-state index < -0.39 is 0 Å². The molecule has 4 rings (SSSR count). The monoisotopic (exact) mass is 294 g/mol. The predicted octanol–water partition coefficient (Wildman–Crippen LogP) is 2.11. The van der Waals surface area contributed by atoms with Gasteiger partial charge in [0.2, 0.25) is 5.91 Å². The highest BCUT2D eigenvalue weighted by Crippen LogP contribution is 2.42. The fourth-order valence-electron chi connectivity index (χ4n) is 3.60. The number of hydrogen-bond acceptors (Lipinski definition) is 4. The Morgan fingerprint density at radius 2 is 1.95 bits per heavy atom. The van der Waals surface area contributed by atoms with E-state index in [1.54, 1.807) is 18.6 Å². The number of nitrogens with zero attached hydrogens (tertiary/aromatic N) is 4. The van der Waals surface area contributed by atoms with Crippen LogP contribution < -0.4 is 9.80 Å². The van der Waals surface area contributed by atoms with Crippen molar-refractivity contribution in [2.75, 3.05) is 29.4 Å². The molecule has 1 spiro atoms. The number of benzene rings is 1. The molecule has 1 unspecified atom stereocenters. The molecule has 2 fully saturated rings. The highest BCUT2D eigenvalue weighted by molar-refractivity contribution is 5.96. The van der Waals surface area contributed by atoms with Gasteiger partial charge in [-0.05, 0) is 18.6 Å². The lowest BCUT2D eigenvalue weighted by molar-refractivity contribution is -0.117. The summed E-state index contributed by atoms with van der Waals surface area (Å²) in [6.45, 7) is 2.61. The second-order valence-electron chi connectivity index (χ2n) is 6.23. The maximum atomic E-state index is 12.5. The fraction of sp³-hybridized carbons (Fsp3) is 0.353. The van der Waals surface area contributed by atoms with Crippen LogP contribution in [-0.4, -0.2) is 35.5 Å². The van der Waals surface area contributed by atoms with E-state index in [2.05, 4.69) is 14.9 Å². The molecule has 0 N–H and O–H groups in total. The van der Waals surface area contributed by atoms with Crippen LogP contribution in [0.1, 0.15) is 12.8 Å². The normalized spacial score (nSPS) is 24.5. The Kier molecular flexibility index (Phi) is 3.06. The molecule has 1 aromatic carbocycles. The molecular weight excluding hydrogens is 276 g/mol. The van der Waals surface area contributed by atoms with Gasteiger partial charge in [0.15, 0.2) is 0 Å². The van der Waals surface area contributed by atoms with Crippen molar-refractivity contribution in [2.45, 2.75) is 12.8 Å². The van der Waals surface area contributed by atoms with Gasteiger partial charge in [-0.1, -0.05) is 18.2 Å². The number of rotatable bonds is 2. The molecule has 0 saturated carbocycles. The number of aromatic nitrogens is 2. The standard InChI is InChI=1S/C17H18N4O/c22-16-10-17(13-21(16)14-4-2-1-3-5-14)6-9-20(12-17)15-11-18-7-8-19-15/h1-5,7-8,11H,6,9-10,12-13H2. The SMILES string of the molecule is O=C1CC2(CCN(c3cnccn3)C2)CN1c1ccccc1. The van der Waals surface area contributed by atoms with Crippen molar-refractivity contribution >= 4 is 17.4 Å². The summed E-state index contributed by atoms with van der Waals surface area (Å²) >= 11 is 0. The second-order valence-corrected chi connectivity index (χ2v) is 6.23. The van der Waals surface area contributed by atoms with Gasteiger partial charge >= 0.3 is 0 Å². The van der Waals surface area contributed by atoms with Crippen LogP contribution in [0.4, 0.5) is 11.5 Å². The first-order valence-electron chi connectivity index (χ1n) is 7.62. The van der Waals surface area contributed by atoms with Crippen LogP contribution in [0, 0.1) is 5.41 Å². The molecule has 1 atom stereocenters. The van der Waals surface area contributed by atoms with Gasteiger partial charge in [-0.2, -0.15) is 0 Å². The minimum Gasteiger partial charge on any atom is -0.355 e. The van der Waals surface area contributed by atoms with Crippen LogP contribution in [-0.2, 0) is 4.79 Å². The van der Waals surface area contributed by atoms with Crippen molar-refractivity contribution in [1.29, 1.82) is 0 Å². The Hall–Kier alpha value is -2.43. The first-order chi connectivity index (χ1) is 10.8. The Morgan fingerprint density at radius 3 is 2.73 bits per heavy atom. The molecular formula is C17H18N4O. The molecule has 5 nitrogen and oxygen atoms in total. The molecule has 2 saturated heterocycles. The van der Waals surface area contributed by atoms with Crippen molar-refractivity contribution in [1.82, 2.24) is 9.97 Å². The van der Waals surface area contributed by atoms with E-state index in [0.29, 0.717) is 6.42 Å². The molecule has 1 amide bonds. The Morgan fingerprint density at radius 1 is 1.09 bits per heavy atom. The number of anilines is 2. The van der Waals surface area contributed by atoms with Crippen molar-refractivity contribution in [3.63, 3.8) is 0 Å². The topological polar surface area (TPSA) is 49.3 Å². The van der Waals surface area contributed by atoms with E-state index in [9.17, 15) is 4.79 Å². The molecule has 112 valence electrons. The van der Waals surface area contributed by atoms with Crippen LogP contribution in [0.25, 0.3) is 0 Å². The third-order valence-corrected chi connectivity index (χ3v) is 4.70. The maximum Gasteiger partial charge on any atom is 0.227 e. The van der Waals surface area contributed by atoms with Crippen LogP contribution in [0.5, 0.6) is 0 Å². The number of carbonyl (C=O) groups excluding carboxylic acids is 1. The van der Waals surface area contributed by atoms with Crippen molar-refractivity contribution in [3.8, 4) is 0 Å². The quantitative estimate of drug-likeness (QED) is 0.851. The third-order valence-electron chi connectivity index (χ3n) is 4.70. The van der Waals surface area contributed by atoms with Gasteiger partial charge in [-0.25, -0.2) is 4.98 Å². The average Bonchev–Trinajstić information content (AvgIpc) is 3.13. The minimum absolute atomic E-state index is 0.0461.